The molecule has 0 saturated carbocycles. The van der Waals surface area contributed by atoms with Crippen molar-refractivity contribution in [2.24, 2.45) is 0 Å². The molecule has 3 nitrogen and oxygen atoms in total. The second-order valence-electron chi connectivity index (χ2n) is 6.60. The Morgan fingerprint density at radius 2 is 1.73 bits per heavy atom. The zero-order valence-electron chi connectivity index (χ0n) is 15.4. The monoisotopic (exact) mass is 344 g/mol. The third-order valence-electron chi connectivity index (χ3n) is 4.49. The third kappa shape index (κ3) is 4.57. The molecule has 0 fully saturated rings. The Morgan fingerprint density at radius 3 is 2.42 bits per heavy atom. The summed E-state index contributed by atoms with van der Waals surface area (Å²) >= 11 is 0. The van der Waals surface area contributed by atoms with Crippen LogP contribution in [0.15, 0.2) is 72.9 Å². The highest BCUT2D eigenvalue weighted by Crippen LogP contribution is 2.16. The second kappa shape index (κ2) is 8.43. The first-order valence-corrected chi connectivity index (χ1v) is 8.94. The number of hydrogen-bond acceptors (Lipinski definition) is 2. The van der Waals surface area contributed by atoms with E-state index in [1.165, 1.54) is 11.1 Å². The summed E-state index contributed by atoms with van der Waals surface area (Å²) in [7, 11) is 0. The first-order chi connectivity index (χ1) is 12.6. The van der Waals surface area contributed by atoms with Gasteiger partial charge in [-0.3, -0.25) is 9.78 Å². The van der Waals surface area contributed by atoms with Gasteiger partial charge in [0.25, 0.3) is 5.91 Å². The van der Waals surface area contributed by atoms with Crippen molar-refractivity contribution in [1.82, 2.24) is 9.88 Å². The predicted molar refractivity (Wildman–Crippen MR) is 105 cm³/mol. The van der Waals surface area contributed by atoms with Crippen LogP contribution in [-0.4, -0.2) is 22.3 Å². The molecule has 3 heteroatoms. The molecule has 0 saturated heterocycles. The van der Waals surface area contributed by atoms with Crippen molar-refractivity contribution in [1.29, 1.82) is 0 Å². The van der Waals surface area contributed by atoms with Gasteiger partial charge >= 0.3 is 0 Å². The molecule has 0 bridgehead atoms. The van der Waals surface area contributed by atoms with Crippen LogP contribution in [0.1, 0.15) is 32.7 Å². The standard InChI is InChI=1S/C23H24N2O/c1-18-11-12-22(19(2)16-18)23(26)25(17-21-10-6-7-14-24-21)15-13-20-8-4-3-5-9-20/h3-12,14,16H,13,15,17H2,1-2H3. The summed E-state index contributed by atoms with van der Waals surface area (Å²) in [6.45, 7) is 5.21. The molecule has 0 unspecified atom stereocenters. The van der Waals surface area contributed by atoms with Crippen LogP contribution in [0.5, 0.6) is 0 Å². The normalized spacial score (nSPS) is 10.5. The van der Waals surface area contributed by atoms with Gasteiger partial charge in [-0.05, 0) is 49.6 Å². The summed E-state index contributed by atoms with van der Waals surface area (Å²) < 4.78 is 0. The topological polar surface area (TPSA) is 33.2 Å². The van der Waals surface area contributed by atoms with Crippen molar-refractivity contribution < 1.29 is 4.79 Å². The van der Waals surface area contributed by atoms with Crippen molar-refractivity contribution in [3.05, 3.63) is 101 Å². The number of nitrogens with zero attached hydrogens (tertiary/aromatic N) is 2. The molecule has 132 valence electrons. The summed E-state index contributed by atoms with van der Waals surface area (Å²) in [5, 5.41) is 0. The number of pyridine rings is 1. The lowest BCUT2D eigenvalue weighted by Gasteiger charge is -2.23. The highest BCUT2D eigenvalue weighted by molar-refractivity contribution is 5.95. The lowest BCUT2D eigenvalue weighted by atomic mass is 10.0. The van der Waals surface area contributed by atoms with E-state index in [2.05, 4.69) is 23.2 Å². The highest BCUT2D eigenvalue weighted by atomic mass is 16.2. The third-order valence-corrected chi connectivity index (χ3v) is 4.49. The average Bonchev–Trinajstić information content (AvgIpc) is 2.66. The lowest BCUT2D eigenvalue weighted by Crippen LogP contribution is -2.33. The van der Waals surface area contributed by atoms with E-state index in [1.54, 1.807) is 6.20 Å². The fraction of sp³-hybridized carbons (Fsp3) is 0.217. The molecule has 3 rings (SSSR count). The summed E-state index contributed by atoms with van der Waals surface area (Å²) in [6.07, 6.45) is 2.59. The molecule has 1 amide bonds. The minimum atomic E-state index is 0.0593. The van der Waals surface area contributed by atoms with Crippen molar-refractivity contribution >= 4 is 5.91 Å². The van der Waals surface area contributed by atoms with E-state index >= 15 is 0 Å². The molecule has 0 atom stereocenters. The molecular formula is C23H24N2O. The van der Waals surface area contributed by atoms with E-state index in [0.717, 1.165) is 23.2 Å². The molecule has 0 radical (unpaired) electrons. The summed E-state index contributed by atoms with van der Waals surface area (Å²) in [6, 6.07) is 22.1. The van der Waals surface area contributed by atoms with Gasteiger partial charge in [-0.2, -0.15) is 0 Å². The number of carbonyl (C=O) groups is 1. The number of rotatable bonds is 6. The zero-order chi connectivity index (χ0) is 18.4. The average molecular weight is 344 g/mol. The second-order valence-corrected chi connectivity index (χ2v) is 6.60. The summed E-state index contributed by atoms with van der Waals surface area (Å²) in [5.41, 5.74) is 5.07. The van der Waals surface area contributed by atoms with Crippen LogP contribution in [0.4, 0.5) is 0 Å². The molecule has 1 heterocycles. The molecule has 0 spiro atoms. The first kappa shape index (κ1) is 17.9. The summed E-state index contributed by atoms with van der Waals surface area (Å²) in [5.74, 6) is 0.0593. The fourth-order valence-electron chi connectivity index (χ4n) is 3.07. The van der Waals surface area contributed by atoms with Gasteiger partial charge in [0.15, 0.2) is 0 Å². The van der Waals surface area contributed by atoms with E-state index in [1.807, 2.05) is 67.3 Å². The minimum absolute atomic E-state index is 0.0593. The van der Waals surface area contributed by atoms with Gasteiger partial charge in [0.1, 0.15) is 0 Å². The van der Waals surface area contributed by atoms with E-state index in [9.17, 15) is 4.79 Å². The van der Waals surface area contributed by atoms with E-state index in [4.69, 9.17) is 0 Å². The molecule has 1 aromatic heterocycles. The Balaban J connectivity index is 1.82. The SMILES string of the molecule is Cc1ccc(C(=O)N(CCc2ccccc2)Cc2ccccn2)c(C)c1. The van der Waals surface area contributed by atoms with Gasteiger partial charge in [0, 0.05) is 18.3 Å². The Morgan fingerprint density at radius 1 is 0.962 bits per heavy atom. The van der Waals surface area contributed by atoms with Gasteiger partial charge in [-0.15, -0.1) is 0 Å². The van der Waals surface area contributed by atoms with Gasteiger partial charge in [0.2, 0.25) is 0 Å². The quantitative estimate of drug-likeness (QED) is 0.655. The highest BCUT2D eigenvalue weighted by Gasteiger charge is 2.18. The smallest absolute Gasteiger partial charge is 0.254 e. The van der Waals surface area contributed by atoms with Crippen molar-refractivity contribution in [3.63, 3.8) is 0 Å². The van der Waals surface area contributed by atoms with Gasteiger partial charge < -0.3 is 4.90 Å². The Hall–Kier alpha value is -2.94. The molecule has 2 aromatic carbocycles. The Bertz CT molecular complexity index is 860. The molecule has 3 aromatic rings. The molecule has 0 aliphatic heterocycles. The zero-order valence-corrected chi connectivity index (χ0v) is 15.4. The van der Waals surface area contributed by atoms with Gasteiger partial charge in [-0.1, -0.05) is 54.1 Å². The maximum Gasteiger partial charge on any atom is 0.254 e. The van der Waals surface area contributed by atoms with Crippen molar-refractivity contribution in [2.45, 2.75) is 26.8 Å². The Kier molecular flexibility index (Phi) is 5.80. The van der Waals surface area contributed by atoms with E-state index < -0.39 is 0 Å². The van der Waals surface area contributed by atoms with Crippen LogP contribution in [0.3, 0.4) is 0 Å². The molecular weight excluding hydrogens is 320 g/mol. The maximum atomic E-state index is 13.2. The molecule has 0 aliphatic carbocycles. The predicted octanol–water partition coefficient (Wildman–Crippen LogP) is 4.58. The largest absolute Gasteiger partial charge is 0.332 e. The lowest BCUT2D eigenvalue weighted by molar-refractivity contribution is 0.0742. The number of hydrogen-bond donors (Lipinski definition) is 0. The number of aromatic nitrogens is 1. The maximum absolute atomic E-state index is 13.2. The van der Waals surface area contributed by atoms with E-state index in [0.29, 0.717) is 13.1 Å². The van der Waals surface area contributed by atoms with Crippen LogP contribution in [0.25, 0.3) is 0 Å². The number of aryl methyl sites for hydroxylation is 2. The summed E-state index contributed by atoms with van der Waals surface area (Å²) in [4.78, 5) is 19.5. The Labute approximate surface area is 155 Å². The molecule has 0 aliphatic rings. The number of benzene rings is 2. The number of carbonyl (C=O) groups excluding carboxylic acids is 1. The van der Waals surface area contributed by atoms with Crippen molar-refractivity contribution in [2.75, 3.05) is 6.54 Å². The number of amides is 1. The van der Waals surface area contributed by atoms with Crippen LogP contribution in [0.2, 0.25) is 0 Å². The van der Waals surface area contributed by atoms with Crippen LogP contribution in [-0.2, 0) is 13.0 Å². The minimum Gasteiger partial charge on any atom is -0.332 e. The fourth-order valence-corrected chi connectivity index (χ4v) is 3.07. The molecule has 0 N–H and O–H groups in total. The van der Waals surface area contributed by atoms with Crippen LogP contribution < -0.4 is 0 Å². The van der Waals surface area contributed by atoms with Gasteiger partial charge in [-0.25, -0.2) is 0 Å². The van der Waals surface area contributed by atoms with E-state index in [-0.39, 0.29) is 5.91 Å². The van der Waals surface area contributed by atoms with Crippen LogP contribution in [0, 0.1) is 13.8 Å². The molecule has 26 heavy (non-hydrogen) atoms. The van der Waals surface area contributed by atoms with Gasteiger partial charge in [0.05, 0.1) is 12.2 Å². The van der Waals surface area contributed by atoms with Crippen molar-refractivity contribution in [3.8, 4) is 0 Å². The van der Waals surface area contributed by atoms with Crippen LogP contribution >= 0.6 is 0 Å². The first-order valence-electron chi connectivity index (χ1n) is 8.94.